The van der Waals surface area contributed by atoms with Crippen LogP contribution in [0, 0.1) is 0 Å². The lowest BCUT2D eigenvalue weighted by Gasteiger charge is -2.05. The Bertz CT molecular complexity index is 694. The van der Waals surface area contributed by atoms with E-state index in [2.05, 4.69) is 26.6 Å². The van der Waals surface area contributed by atoms with Crippen LogP contribution in [0.1, 0.15) is 0 Å². The van der Waals surface area contributed by atoms with E-state index in [1.807, 2.05) is 42.5 Å². The van der Waals surface area contributed by atoms with Gasteiger partial charge in [0.05, 0.1) is 10.4 Å². The van der Waals surface area contributed by atoms with Gasteiger partial charge in [0, 0.05) is 25.9 Å². The average molecular weight is 339 g/mol. The molecular weight excluding hydrogens is 330 g/mol. The minimum absolute atomic E-state index is 0.740. The minimum atomic E-state index is 0.740. The highest BCUT2D eigenvalue weighted by Gasteiger charge is 2.08. The molecule has 0 fully saturated rings. The molecule has 1 aromatic heterocycles. The van der Waals surface area contributed by atoms with Crippen LogP contribution in [0.15, 0.2) is 52.3 Å². The molecule has 0 saturated carbocycles. The summed E-state index contributed by atoms with van der Waals surface area (Å²) < 4.78 is 2.24. The molecule has 0 unspecified atom stereocenters. The summed E-state index contributed by atoms with van der Waals surface area (Å²) in [5.74, 6) is 0. The van der Waals surface area contributed by atoms with Crippen LogP contribution >= 0.6 is 38.9 Å². The van der Waals surface area contributed by atoms with Crippen molar-refractivity contribution in [2.24, 2.45) is 0 Å². The molecule has 0 atom stereocenters. The smallest absolute Gasteiger partial charge is 0.0573 e. The van der Waals surface area contributed by atoms with Gasteiger partial charge in [-0.3, -0.25) is 0 Å². The molecule has 0 bridgehead atoms. The SMILES string of the molecule is Clc1cc(Br)c2scc(Nc3ccccc3)c2c1. The summed E-state index contributed by atoms with van der Waals surface area (Å²) in [7, 11) is 0. The summed E-state index contributed by atoms with van der Waals surface area (Å²) in [5, 5.41) is 7.40. The van der Waals surface area contributed by atoms with E-state index in [0.29, 0.717) is 0 Å². The molecule has 3 aromatic rings. The molecule has 0 amide bonds. The summed E-state index contributed by atoms with van der Waals surface area (Å²) in [4.78, 5) is 0. The van der Waals surface area contributed by atoms with E-state index < -0.39 is 0 Å². The van der Waals surface area contributed by atoms with E-state index in [0.717, 1.165) is 26.3 Å². The molecule has 0 saturated heterocycles. The van der Waals surface area contributed by atoms with Crippen LogP contribution in [-0.4, -0.2) is 0 Å². The molecule has 90 valence electrons. The number of fused-ring (bicyclic) bond motifs is 1. The molecule has 0 aliphatic carbocycles. The Kier molecular flexibility index (Phi) is 3.29. The first kappa shape index (κ1) is 12.0. The Morgan fingerprint density at radius 3 is 2.67 bits per heavy atom. The van der Waals surface area contributed by atoms with Crippen LogP contribution in [0.2, 0.25) is 5.02 Å². The van der Waals surface area contributed by atoms with Crippen molar-refractivity contribution in [1.82, 2.24) is 0 Å². The van der Waals surface area contributed by atoms with Crippen LogP contribution in [0.4, 0.5) is 11.4 Å². The van der Waals surface area contributed by atoms with Gasteiger partial charge in [-0.2, -0.15) is 0 Å². The maximum absolute atomic E-state index is 6.10. The third-order valence-corrected chi connectivity index (χ3v) is 4.78. The largest absolute Gasteiger partial charge is 0.354 e. The first-order chi connectivity index (χ1) is 8.74. The Balaban J connectivity index is 2.08. The average Bonchev–Trinajstić information content (AvgIpc) is 2.74. The number of rotatable bonds is 2. The van der Waals surface area contributed by atoms with Gasteiger partial charge in [0.15, 0.2) is 0 Å². The summed E-state index contributed by atoms with van der Waals surface area (Å²) in [5.41, 5.74) is 2.16. The van der Waals surface area contributed by atoms with Crippen LogP contribution < -0.4 is 5.32 Å². The molecular formula is C14H9BrClNS. The van der Waals surface area contributed by atoms with Gasteiger partial charge < -0.3 is 5.32 Å². The van der Waals surface area contributed by atoms with Gasteiger partial charge in [-0.25, -0.2) is 0 Å². The normalized spacial score (nSPS) is 10.8. The number of nitrogens with one attached hydrogen (secondary N) is 1. The van der Waals surface area contributed by atoms with Crippen molar-refractivity contribution < 1.29 is 0 Å². The Morgan fingerprint density at radius 2 is 1.89 bits per heavy atom. The van der Waals surface area contributed by atoms with Crippen LogP contribution in [-0.2, 0) is 0 Å². The molecule has 0 spiro atoms. The predicted octanol–water partition coefficient (Wildman–Crippen LogP) is 6.06. The second-order valence-corrected chi connectivity index (χ2v) is 6.08. The van der Waals surface area contributed by atoms with E-state index in [4.69, 9.17) is 11.6 Å². The third kappa shape index (κ3) is 2.26. The lowest BCUT2D eigenvalue weighted by atomic mass is 10.2. The van der Waals surface area contributed by atoms with Gasteiger partial charge in [-0.15, -0.1) is 11.3 Å². The fourth-order valence-corrected chi connectivity index (χ4v) is 3.81. The van der Waals surface area contributed by atoms with Gasteiger partial charge in [-0.05, 0) is 40.2 Å². The molecule has 0 aliphatic rings. The Labute approximate surface area is 123 Å². The van der Waals surface area contributed by atoms with Gasteiger partial charge in [-0.1, -0.05) is 29.8 Å². The van der Waals surface area contributed by atoms with E-state index >= 15 is 0 Å². The van der Waals surface area contributed by atoms with Crippen molar-refractivity contribution in [3.05, 3.63) is 57.3 Å². The minimum Gasteiger partial charge on any atom is -0.354 e. The zero-order chi connectivity index (χ0) is 12.5. The molecule has 18 heavy (non-hydrogen) atoms. The number of thiophene rings is 1. The molecule has 3 rings (SSSR count). The molecule has 1 nitrogen and oxygen atoms in total. The number of benzene rings is 2. The summed E-state index contributed by atoms with van der Waals surface area (Å²) in [6.45, 7) is 0. The van der Waals surface area contributed by atoms with E-state index in [1.165, 1.54) is 4.70 Å². The van der Waals surface area contributed by atoms with Crippen molar-refractivity contribution in [2.45, 2.75) is 0 Å². The highest BCUT2D eigenvalue weighted by Crippen LogP contribution is 2.38. The fourth-order valence-electron chi connectivity index (χ4n) is 1.84. The maximum atomic E-state index is 6.10. The highest BCUT2D eigenvalue weighted by atomic mass is 79.9. The zero-order valence-electron chi connectivity index (χ0n) is 9.28. The number of hydrogen-bond acceptors (Lipinski definition) is 2. The Hall–Kier alpha value is -1.03. The van der Waals surface area contributed by atoms with Crippen molar-refractivity contribution in [3.8, 4) is 0 Å². The molecule has 4 heteroatoms. The summed E-state index contributed by atoms with van der Waals surface area (Å²) >= 11 is 11.3. The first-order valence-electron chi connectivity index (χ1n) is 5.42. The first-order valence-corrected chi connectivity index (χ1v) is 7.47. The molecule has 0 radical (unpaired) electrons. The topological polar surface area (TPSA) is 12.0 Å². The molecule has 1 N–H and O–H groups in total. The quantitative estimate of drug-likeness (QED) is 0.598. The predicted molar refractivity (Wildman–Crippen MR) is 84.3 cm³/mol. The lowest BCUT2D eigenvalue weighted by molar-refractivity contribution is 1.60. The van der Waals surface area contributed by atoms with Crippen LogP contribution in [0.3, 0.4) is 0 Å². The van der Waals surface area contributed by atoms with E-state index in [-0.39, 0.29) is 0 Å². The zero-order valence-corrected chi connectivity index (χ0v) is 12.4. The number of anilines is 2. The molecule has 0 aliphatic heterocycles. The van der Waals surface area contributed by atoms with Crippen molar-refractivity contribution >= 4 is 60.3 Å². The number of para-hydroxylation sites is 1. The number of hydrogen-bond donors (Lipinski definition) is 1. The fraction of sp³-hybridized carbons (Fsp3) is 0. The van der Waals surface area contributed by atoms with Crippen LogP contribution in [0.5, 0.6) is 0 Å². The number of halogens is 2. The second kappa shape index (κ2) is 4.92. The van der Waals surface area contributed by atoms with Crippen molar-refractivity contribution in [2.75, 3.05) is 5.32 Å². The highest BCUT2D eigenvalue weighted by molar-refractivity contribution is 9.10. The molecule has 1 heterocycles. The van der Waals surface area contributed by atoms with Gasteiger partial charge in [0.25, 0.3) is 0 Å². The standard InChI is InChI=1S/C14H9BrClNS/c15-12-7-9(16)6-11-13(8-18-14(11)12)17-10-4-2-1-3-5-10/h1-8,17H. The van der Waals surface area contributed by atoms with Gasteiger partial charge in [0.1, 0.15) is 0 Å². The van der Waals surface area contributed by atoms with E-state index in [1.54, 1.807) is 11.3 Å². The van der Waals surface area contributed by atoms with Crippen LogP contribution in [0.25, 0.3) is 10.1 Å². The Morgan fingerprint density at radius 1 is 1.11 bits per heavy atom. The monoisotopic (exact) mass is 337 g/mol. The van der Waals surface area contributed by atoms with Gasteiger partial charge in [0.2, 0.25) is 0 Å². The summed E-state index contributed by atoms with van der Waals surface area (Å²) in [6, 6.07) is 14.0. The van der Waals surface area contributed by atoms with Gasteiger partial charge >= 0.3 is 0 Å². The summed E-state index contributed by atoms with van der Waals surface area (Å²) in [6.07, 6.45) is 0. The van der Waals surface area contributed by atoms with Crippen molar-refractivity contribution in [3.63, 3.8) is 0 Å². The van der Waals surface area contributed by atoms with Crippen molar-refractivity contribution in [1.29, 1.82) is 0 Å². The third-order valence-electron chi connectivity index (χ3n) is 2.65. The van der Waals surface area contributed by atoms with E-state index in [9.17, 15) is 0 Å². The maximum Gasteiger partial charge on any atom is 0.0573 e. The molecule has 2 aromatic carbocycles. The second-order valence-electron chi connectivity index (χ2n) is 3.90. The lowest BCUT2D eigenvalue weighted by Crippen LogP contribution is -1.87.